The van der Waals surface area contributed by atoms with Gasteiger partial charge < -0.3 is 5.32 Å². The summed E-state index contributed by atoms with van der Waals surface area (Å²) in [5.41, 5.74) is -0.454. The fraction of sp³-hybridized carbons (Fsp3) is 0.111. The number of nitrogens with one attached hydrogen (secondary N) is 1. The lowest BCUT2D eigenvalue weighted by molar-refractivity contribution is -0.137. The molecule has 0 bridgehead atoms. The van der Waals surface area contributed by atoms with Gasteiger partial charge in [0.25, 0.3) is 0 Å². The van der Waals surface area contributed by atoms with Crippen LogP contribution in [0.1, 0.15) is 5.56 Å². The maximum atomic E-state index is 12.1. The number of rotatable bonds is 1. The van der Waals surface area contributed by atoms with E-state index in [0.29, 0.717) is 0 Å². The van der Waals surface area contributed by atoms with Crippen LogP contribution in [0, 0.1) is 12.5 Å². The van der Waals surface area contributed by atoms with Crippen LogP contribution in [0.15, 0.2) is 24.3 Å². The predicted molar refractivity (Wildman–Crippen MR) is 43.9 cm³/mol. The fourth-order valence-electron chi connectivity index (χ4n) is 0.857. The summed E-state index contributed by atoms with van der Waals surface area (Å²) >= 11 is 0. The Bertz CT molecular complexity index is 335. The highest BCUT2D eigenvalue weighted by Crippen LogP contribution is 2.30. The SMILES string of the molecule is C#CNc1cccc(C(F)(F)F)c1. The van der Waals surface area contributed by atoms with Crippen molar-refractivity contribution in [2.24, 2.45) is 0 Å². The molecule has 0 aliphatic heterocycles. The molecule has 0 aliphatic carbocycles. The normalized spacial score (nSPS) is 10.6. The number of hydrogen-bond acceptors (Lipinski definition) is 1. The summed E-state index contributed by atoms with van der Waals surface area (Å²) in [6, 6.07) is 6.75. The molecule has 1 rings (SSSR count). The highest BCUT2D eigenvalue weighted by molar-refractivity contribution is 5.49. The van der Waals surface area contributed by atoms with Crippen molar-refractivity contribution in [1.29, 1.82) is 0 Å². The Hall–Kier alpha value is -1.63. The number of anilines is 1. The number of benzene rings is 1. The van der Waals surface area contributed by atoms with E-state index in [1.807, 2.05) is 6.04 Å². The van der Waals surface area contributed by atoms with Crippen LogP contribution in [0.2, 0.25) is 0 Å². The molecule has 4 heteroatoms. The molecule has 0 radical (unpaired) electrons. The largest absolute Gasteiger partial charge is 0.416 e. The van der Waals surface area contributed by atoms with E-state index in [0.717, 1.165) is 12.1 Å². The van der Waals surface area contributed by atoms with Gasteiger partial charge in [0.2, 0.25) is 0 Å². The summed E-state index contributed by atoms with van der Waals surface area (Å²) in [6.07, 6.45) is 0.550. The molecule has 0 spiro atoms. The third kappa shape index (κ3) is 2.41. The third-order valence-electron chi connectivity index (χ3n) is 1.41. The van der Waals surface area contributed by atoms with Gasteiger partial charge in [0, 0.05) is 11.7 Å². The molecule has 0 amide bonds. The van der Waals surface area contributed by atoms with Gasteiger partial charge in [0.05, 0.1) is 5.56 Å². The maximum absolute atomic E-state index is 12.1. The molecule has 0 unspecified atom stereocenters. The molecule has 1 N–H and O–H groups in total. The molecule has 0 fully saturated rings. The highest BCUT2D eigenvalue weighted by atomic mass is 19.4. The van der Waals surface area contributed by atoms with Gasteiger partial charge in [0.1, 0.15) is 0 Å². The molecule has 0 atom stereocenters. The van der Waals surface area contributed by atoms with Crippen LogP contribution in [0.25, 0.3) is 0 Å². The van der Waals surface area contributed by atoms with Crippen molar-refractivity contribution in [2.45, 2.75) is 6.18 Å². The van der Waals surface area contributed by atoms with Crippen LogP contribution < -0.4 is 5.32 Å². The summed E-state index contributed by atoms with van der Waals surface area (Å²) in [5.74, 6) is 0. The molecule has 0 aromatic heterocycles. The molecule has 0 saturated heterocycles. The molecule has 0 heterocycles. The summed E-state index contributed by atoms with van der Waals surface area (Å²) in [4.78, 5) is 0. The molecule has 0 saturated carbocycles. The van der Waals surface area contributed by atoms with Gasteiger partial charge in [-0.25, -0.2) is 0 Å². The van der Waals surface area contributed by atoms with Crippen molar-refractivity contribution in [3.8, 4) is 12.5 Å². The Labute approximate surface area is 73.6 Å². The maximum Gasteiger partial charge on any atom is 0.416 e. The van der Waals surface area contributed by atoms with E-state index >= 15 is 0 Å². The summed E-state index contributed by atoms with van der Waals surface area (Å²) in [7, 11) is 0. The lowest BCUT2D eigenvalue weighted by Gasteiger charge is -2.07. The van der Waals surface area contributed by atoms with Crippen molar-refractivity contribution in [3.05, 3.63) is 29.8 Å². The van der Waals surface area contributed by atoms with E-state index < -0.39 is 11.7 Å². The van der Waals surface area contributed by atoms with Gasteiger partial charge in [-0.05, 0) is 18.2 Å². The van der Waals surface area contributed by atoms with E-state index in [-0.39, 0.29) is 5.69 Å². The van der Waals surface area contributed by atoms with Crippen LogP contribution >= 0.6 is 0 Å². The number of hydrogen-bond donors (Lipinski definition) is 1. The lowest BCUT2D eigenvalue weighted by atomic mass is 10.2. The van der Waals surface area contributed by atoms with E-state index in [1.54, 1.807) is 0 Å². The average Bonchev–Trinajstić information content (AvgIpc) is 2.04. The number of halogens is 3. The Morgan fingerprint density at radius 3 is 2.54 bits per heavy atom. The van der Waals surface area contributed by atoms with E-state index in [2.05, 4.69) is 5.32 Å². The first-order chi connectivity index (χ1) is 6.04. The van der Waals surface area contributed by atoms with Crippen LogP contribution in [-0.2, 0) is 6.18 Å². The van der Waals surface area contributed by atoms with Crippen LogP contribution in [0.4, 0.5) is 18.9 Å². The van der Waals surface area contributed by atoms with Gasteiger partial charge in [-0.1, -0.05) is 12.5 Å². The van der Waals surface area contributed by atoms with Gasteiger partial charge in [0.15, 0.2) is 0 Å². The van der Waals surface area contributed by atoms with Crippen LogP contribution in [0.5, 0.6) is 0 Å². The van der Waals surface area contributed by atoms with Crippen molar-refractivity contribution in [1.82, 2.24) is 0 Å². The minimum atomic E-state index is -4.33. The van der Waals surface area contributed by atoms with Crippen molar-refractivity contribution >= 4 is 5.69 Å². The van der Waals surface area contributed by atoms with Gasteiger partial charge in [-0.2, -0.15) is 13.2 Å². The molecule has 1 nitrogen and oxygen atoms in total. The molecular weight excluding hydrogens is 179 g/mol. The molecule has 13 heavy (non-hydrogen) atoms. The van der Waals surface area contributed by atoms with E-state index in [1.165, 1.54) is 12.1 Å². The van der Waals surface area contributed by atoms with Gasteiger partial charge >= 0.3 is 6.18 Å². The smallest absolute Gasteiger partial charge is 0.315 e. The zero-order chi connectivity index (χ0) is 9.90. The first-order valence-corrected chi connectivity index (χ1v) is 3.43. The Morgan fingerprint density at radius 1 is 1.31 bits per heavy atom. The lowest BCUT2D eigenvalue weighted by Crippen LogP contribution is -2.04. The standard InChI is InChI=1S/C9H6F3N/c1-2-13-8-5-3-4-7(6-8)9(10,11)12/h1,3-6,13H. The van der Waals surface area contributed by atoms with Crippen molar-refractivity contribution in [3.63, 3.8) is 0 Å². The molecule has 1 aromatic rings. The van der Waals surface area contributed by atoms with E-state index in [9.17, 15) is 13.2 Å². The quantitative estimate of drug-likeness (QED) is 0.524. The highest BCUT2D eigenvalue weighted by Gasteiger charge is 2.30. The Kier molecular flexibility index (Phi) is 2.47. The van der Waals surface area contributed by atoms with Crippen LogP contribution in [-0.4, -0.2) is 0 Å². The molecular formula is C9H6F3N. The minimum Gasteiger partial charge on any atom is -0.315 e. The summed E-state index contributed by atoms with van der Waals surface area (Å²) in [5, 5.41) is 2.35. The van der Waals surface area contributed by atoms with Crippen LogP contribution in [0.3, 0.4) is 0 Å². The molecule has 1 aromatic carbocycles. The zero-order valence-corrected chi connectivity index (χ0v) is 6.52. The molecule has 0 aliphatic rings. The zero-order valence-electron chi connectivity index (χ0n) is 6.52. The second-order valence-electron chi connectivity index (χ2n) is 2.35. The monoisotopic (exact) mass is 185 g/mol. The Balaban J connectivity index is 3.00. The average molecular weight is 185 g/mol. The number of terminal acetylenes is 1. The predicted octanol–water partition coefficient (Wildman–Crippen LogP) is 2.71. The second-order valence-corrected chi connectivity index (χ2v) is 2.35. The van der Waals surface area contributed by atoms with Crippen molar-refractivity contribution < 1.29 is 13.2 Å². The molecule has 68 valence electrons. The fourth-order valence-corrected chi connectivity index (χ4v) is 0.857. The third-order valence-corrected chi connectivity index (χ3v) is 1.41. The first kappa shape index (κ1) is 9.46. The van der Waals surface area contributed by atoms with Gasteiger partial charge in [-0.15, -0.1) is 0 Å². The number of alkyl halides is 3. The van der Waals surface area contributed by atoms with Gasteiger partial charge in [-0.3, -0.25) is 0 Å². The Morgan fingerprint density at radius 2 is 2.00 bits per heavy atom. The van der Waals surface area contributed by atoms with E-state index in [4.69, 9.17) is 6.42 Å². The second kappa shape index (κ2) is 3.40. The summed E-state index contributed by atoms with van der Waals surface area (Å²) in [6.45, 7) is 0. The van der Waals surface area contributed by atoms with Crippen molar-refractivity contribution in [2.75, 3.05) is 5.32 Å². The topological polar surface area (TPSA) is 12.0 Å². The summed E-state index contributed by atoms with van der Waals surface area (Å²) < 4.78 is 36.4. The first-order valence-electron chi connectivity index (χ1n) is 3.43. The minimum absolute atomic E-state index is 0.261.